The number of nitrogens with one attached hydrogen (secondary N) is 1. The van der Waals surface area contributed by atoms with Crippen LogP contribution in [0, 0.1) is 12.8 Å². The maximum absolute atomic E-state index is 12.3. The fourth-order valence-corrected chi connectivity index (χ4v) is 2.99. The number of nitrogens with zero attached hydrogens (tertiary/aromatic N) is 5. The molecule has 3 rings (SSSR count). The zero-order chi connectivity index (χ0) is 19.4. The van der Waals surface area contributed by atoms with Crippen molar-refractivity contribution in [2.75, 3.05) is 6.54 Å². The molecule has 0 aliphatic carbocycles. The fraction of sp³-hybridized carbons (Fsp3) is 0.474. The first-order valence-corrected chi connectivity index (χ1v) is 9.30. The predicted octanol–water partition coefficient (Wildman–Crippen LogP) is 2.22. The number of hydrogen-bond acceptors (Lipinski definition) is 5. The van der Waals surface area contributed by atoms with Gasteiger partial charge in [0.15, 0.2) is 0 Å². The van der Waals surface area contributed by atoms with Crippen molar-refractivity contribution in [3.8, 4) is 0 Å². The van der Waals surface area contributed by atoms with Crippen molar-refractivity contribution in [3.63, 3.8) is 0 Å². The van der Waals surface area contributed by atoms with Crippen LogP contribution in [0.4, 0.5) is 0 Å². The van der Waals surface area contributed by atoms with E-state index in [9.17, 15) is 4.79 Å². The largest absolute Gasteiger partial charge is 0.354 e. The Morgan fingerprint density at radius 2 is 2.00 bits per heavy atom. The summed E-state index contributed by atoms with van der Waals surface area (Å²) in [6.07, 6.45) is 2.66. The van der Waals surface area contributed by atoms with Gasteiger partial charge < -0.3 is 11.1 Å². The SMILES string of the molecule is Cc1nc([C@@H](N)C(C)C)n(CC(=O)NCCCn2ncc3ccccc32)n1.Cl. The molecular formula is C19H28ClN7O. The second kappa shape index (κ2) is 9.66. The van der Waals surface area contributed by atoms with Crippen molar-refractivity contribution in [2.45, 2.75) is 46.3 Å². The van der Waals surface area contributed by atoms with Crippen LogP contribution in [0.15, 0.2) is 30.5 Å². The third kappa shape index (κ3) is 5.08. The van der Waals surface area contributed by atoms with E-state index in [0.717, 1.165) is 23.9 Å². The smallest absolute Gasteiger partial charge is 0.241 e. The highest BCUT2D eigenvalue weighted by Crippen LogP contribution is 2.17. The maximum Gasteiger partial charge on any atom is 0.241 e. The molecule has 8 nitrogen and oxygen atoms in total. The molecule has 0 saturated carbocycles. The molecule has 0 radical (unpaired) electrons. The van der Waals surface area contributed by atoms with Gasteiger partial charge in [-0.05, 0) is 25.3 Å². The van der Waals surface area contributed by atoms with Crippen molar-refractivity contribution in [3.05, 3.63) is 42.1 Å². The van der Waals surface area contributed by atoms with E-state index in [4.69, 9.17) is 5.73 Å². The maximum atomic E-state index is 12.3. The van der Waals surface area contributed by atoms with Crippen LogP contribution in [0.5, 0.6) is 0 Å². The number of benzene rings is 1. The fourth-order valence-electron chi connectivity index (χ4n) is 2.99. The molecule has 2 aromatic heterocycles. The summed E-state index contributed by atoms with van der Waals surface area (Å²) in [4.78, 5) is 16.7. The standard InChI is InChI=1S/C19H27N7O.ClH/c1-13(2)18(20)19-23-14(3)24-26(19)12-17(27)21-9-6-10-25-16-8-5-4-7-15(16)11-22-25;/h4-5,7-8,11,13,18H,6,9-10,12,20H2,1-3H3,(H,21,27);1H/t18-;/m0./s1. The summed E-state index contributed by atoms with van der Waals surface area (Å²) in [5, 5.41) is 12.8. The third-order valence-corrected chi connectivity index (χ3v) is 4.54. The van der Waals surface area contributed by atoms with Gasteiger partial charge in [0.1, 0.15) is 18.2 Å². The van der Waals surface area contributed by atoms with Gasteiger partial charge >= 0.3 is 0 Å². The molecule has 2 heterocycles. The van der Waals surface area contributed by atoms with Gasteiger partial charge in [-0.15, -0.1) is 12.4 Å². The summed E-state index contributed by atoms with van der Waals surface area (Å²) in [5.74, 6) is 1.40. The number of hydrogen-bond donors (Lipinski definition) is 2. The van der Waals surface area contributed by atoms with E-state index in [0.29, 0.717) is 18.2 Å². The highest BCUT2D eigenvalue weighted by atomic mass is 35.5. The molecule has 1 atom stereocenters. The molecule has 0 unspecified atom stereocenters. The van der Waals surface area contributed by atoms with Crippen LogP contribution in [0.25, 0.3) is 10.9 Å². The Kier molecular flexibility index (Phi) is 7.53. The lowest BCUT2D eigenvalue weighted by atomic mass is 10.1. The molecule has 152 valence electrons. The summed E-state index contributed by atoms with van der Waals surface area (Å²) in [5.41, 5.74) is 7.29. The van der Waals surface area contributed by atoms with Crippen LogP contribution in [0.1, 0.15) is 38.0 Å². The first kappa shape index (κ1) is 21.8. The molecule has 28 heavy (non-hydrogen) atoms. The Bertz CT molecular complexity index is 918. The van der Waals surface area contributed by atoms with Gasteiger partial charge in [0, 0.05) is 18.5 Å². The summed E-state index contributed by atoms with van der Waals surface area (Å²) in [7, 11) is 0. The lowest BCUT2D eigenvalue weighted by molar-refractivity contribution is -0.121. The molecule has 0 aliphatic heterocycles. The first-order chi connectivity index (χ1) is 13.0. The van der Waals surface area contributed by atoms with Gasteiger partial charge in [0.25, 0.3) is 0 Å². The van der Waals surface area contributed by atoms with Gasteiger partial charge in [-0.25, -0.2) is 9.67 Å². The molecule has 0 spiro atoms. The molecule has 3 N–H and O–H groups in total. The minimum Gasteiger partial charge on any atom is -0.354 e. The molecule has 0 saturated heterocycles. The summed E-state index contributed by atoms with van der Waals surface area (Å²) in [6, 6.07) is 7.85. The number of halogens is 1. The number of para-hydroxylation sites is 1. The van der Waals surface area contributed by atoms with E-state index in [2.05, 4.69) is 20.5 Å². The number of amides is 1. The second-order valence-electron chi connectivity index (χ2n) is 7.07. The molecular weight excluding hydrogens is 378 g/mol. The Morgan fingerprint density at radius 3 is 2.75 bits per heavy atom. The van der Waals surface area contributed by atoms with Crippen molar-refractivity contribution >= 4 is 29.2 Å². The number of carbonyl (C=O) groups is 1. The van der Waals surface area contributed by atoms with Gasteiger partial charge in [-0.1, -0.05) is 32.0 Å². The number of carbonyl (C=O) groups excluding carboxylic acids is 1. The van der Waals surface area contributed by atoms with Crippen molar-refractivity contribution in [1.82, 2.24) is 29.9 Å². The monoisotopic (exact) mass is 405 g/mol. The van der Waals surface area contributed by atoms with E-state index < -0.39 is 0 Å². The number of rotatable bonds is 8. The normalized spacial score (nSPS) is 12.2. The Morgan fingerprint density at radius 1 is 1.25 bits per heavy atom. The molecule has 0 aliphatic rings. The summed E-state index contributed by atoms with van der Waals surface area (Å²) < 4.78 is 3.57. The highest BCUT2D eigenvalue weighted by molar-refractivity contribution is 5.85. The van der Waals surface area contributed by atoms with Gasteiger partial charge in [-0.2, -0.15) is 10.2 Å². The van der Waals surface area contributed by atoms with Crippen LogP contribution in [-0.2, 0) is 17.9 Å². The molecule has 3 aromatic rings. The van der Waals surface area contributed by atoms with Gasteiger partial charge in [0.05, 0.1) is 17.8 Å². The first-order valence-electron chi connectivity index (χ1n) is 9.30. The second-order valence-corrected chi connectivity index (χ2v) is 7.07. The highest BCUT2D eigenvalue weighted by Gasteiger charge is 2.19. The number of aromatic nitrogens is 5. The zero-order valence-corrected chi connectivity index (χ0v) is 17.3. The van der Waals surface area contributed by atoms with Crippen LogP contribution >= 0.6 is 12.4 Å². The minimum atomic E-state index is -0.243. The van der Waals surface area contributed by atoms with E-state index in [1.54, 1.807) is 11.6 Å². The molecule has 0 bridgehead atoms. The van der Waals surface area contributed by atoms with Crippen molar-refractivity contribution in [1.29, 1.82) is 0 Å². The van der Waals surface area contributed by atoms with Crippen LogP contribution in [0.2, 0.25) is 0 Å². The summed E-state index contributed by atoms with van der Waals surface area (Å²) in [6.45, 7) is 7.31. The molecule has 9 heteroatoms. The Hall–Kier alpha value is -2.45. The van der Waals surface area contributed by atoms with E-state index in [1.807, 2.05) is 49.0 Å². The minimum absolute atomic E-state index is 0. The topological polar surface area (TPSA) is 104 Å². The lowest BCUT2D eigenvalue weighted by Gasteiger charge is -2.15. The average Bonchev–Trinajstić information content (AvgIpc) is 3.21. The Labute approximate surface area is 170 Å². The quantitative estimate of drug-likeness (QED) is 0.559. The predicted molar refractivity (Wildman–Crippen MR) is 111 cm³/mol. The molecule has 0 fully saturated rings. The van der Waals surface area contributed by atoms with Crippen LogP contribution in [-0.4, -0.2) is 37.0 Å². The molecule has 1 aromatic carbocycles. The van der Waals surface area contributed by atoms with Gasteiger partial charge in [-0.3, -0.25) is 9.48 Å². The van der Waals surface area contributed by atoms with Gasteiger partial charge in [0.2, 0.25) is 5.91 Å². The van der Waals surface area contributed by atoms with Crippen LogP contribution < -0.4 is 11.1 Å². The van der Waals surface area contributed by atoms with Crippen LogP contribution in [0.3, 0.4) is 0 Å². The lowest BCUT2D eigenvalue weighted by Crippen LogP contribution is -2.31. The average molecular weight is 406 g/mol. The number of nitrogens with two attached hydrogens (primary N) is 1. The summed E-state index contributed by atoms with van der Waals surface area (Å²) >= 11 is 0. The van der Waals surface area contributed by atoms with Crippen molar-refractivity contribution < 1.29 is 4.79 Å². The Balaban J connectivity index is 0.00000280. The third-order valence-electron chi connectivity index (χ3n) is 4.54. The number of aryl methyl sites for hydroxylation is 2. The number of fused-ring (bicyclic) bond motifs is 1. The zero-order valence-electron chi connectivity index (χ0n) is 16.5. The van der Waals surface area contributed by atoms with E-state index in [-0.39, 0.29) is 36.8 Å². The van der Waals surface area contributed by atoms with Crippen molar-refractivity contribution in [2.24, 2.45) is 11.7 Å². The van der Waals surface area contributed by atoms with E-state index in [1.165, 1.54) is 0 Å². The molecule has 1 amide bonds. The van der Waals surface area contributed by atoms with E-state index >= 15 is 0 Å².